The van der Waals surface area contributed by atoms with Crippen LogP contribution in [0, 0.1) is 40.9 Å². The monoisotopic (exact) mass is 386 g/mol. The summed E-state index contributed by atoms with van der Waals surface area (Å²) in [5.74, 6) is 6.93. The first-order valence-corrected chi connectivity index (χ1v) is 12.2. The van der Waals surface area contributed by atoms with Crippen LogP contribution in [0.1, 0.15) is 52.0 Å². The first-order valence-electron chi connectivity index (χ1n) is 11.2. The molecule has 4 rings (SSSR count). The first kappa shape index (κ1) is 19.8. The quantitative estimate of drug-likeness (QED) is 0.357. The molecule has 27 heavy (non-hydrogen) atoms. The maximum atomic E-state index is 3.76. The van der Waals surface area contributed by atoms with E-state index < -0.39 is 0 Å². The highest BCUT2D eigenvalue weighted by Gasteiger charge is 2.64. The number of hydrogen-bond donors (Lipinski definition) is 2. The molecule has 2 N–H and O–H groups in total. The van der Waals surface area contributed by atoms with Crippen LogP contribution in [0.25, 0.3) is 0 Å². The Hall–Kier alpha value is -0.510. The van der Waals surface area contributed by atoms with Gasteiger partial charge in [-0.2, -0.15) is 0 Å². The molecular formula is C24H38N2S. The average Bonchev–Trinajstić information content (AvgIpc) is 3.08. The van der Waals surface area contributed by atoms with E-state index in [2.05, 4.69) is 61.1 Å². The van der Waals surface area contributed by atoms with Crippen LogP contribution < -0.4 is 10.0 Å². The van der Waals surface area contributed by atoms with Crippen molar-refractivity contribution in [3.05, 3.63) is 35.9 Å². The molecule has 0 aliphatic heterocycles. The minimum absolute atomic E-state index is 0.637. The summed E-state index contributed by atoms with van der Waals surface area (Å²) >= 11 is 1.84. The van der Waals surface area contributed by atoms with E-state index in [0.29, 0.717) is 5.41 Å². The molecule has 1 aromatic carbocycles. The van der Waals surface area contributed by atoms with Crippen molar-refractivity contribution < 1.29 is 0 Å². The van der Waals surface area contributed by atoms with E-state index in [0.717, 1.165) is 54.3 Å². The van der Waals surface area contributed by atoms with Gasteiger partial charge >= 0.3 is 0 Å². The molecule has 0 heterocycles. The lowest BCUT2D eigenvalue weighted by Crippen LogP contribution is -2.32. The predicted octanol–water partition coefficient (Wildman–Crippen LogP) is 5.36. The molecular weight excluding hydrogens is 348 g/mol. The van der Waals surface area contributed by atoms with Gasteiger partial charge in [-0.15, -0.1) is 0 Å². The summed E-state index contributed by atoms with van der Waals surface area (Å²) in [6.45, 7) is 9.89. The van der Waals surface area contributed by atoms with Crippen molar-refractivity contribution in [2.45, 2.75) is 52.9 Å². The maximum Gasteiger partial charge on any atom is 0.0565 e. The Morgan fingerprint density at radius 2 is 1.89 bits per heavy atom. The van der Waals surface area contributed by atoms with Gasteiger partial charge < -0.3 is 5.32 Å². The molecule has 0 amide bonds. The Bertz CT molecular complexity index is 602. The molecule has 2 nitrogen and oxygen atoms in total. The van der Waals surface area contributed by atoms with Gasteiger partial charge in [0.15, 0.2) is 0 Å². The molecule has 0 bridgehead atoms. The molecule has 150 valence electrons. The van der Waals surface area contributed by atoms with E-state index >= 15 is 0 Å². The molecule has 0 saturated heterocycles. The van der Waals surface area contributed by atoms with Crippen molar-refractivity contribution in [2.75, 3.05) is 19.0 Å². The summed E-state index contributed by atoms with van der Waals surface area (Å²) in [6, 6.07) is 10.8. The van der Waals surface area contributed by atoms with Gasteiger partial charge in [0.05, 0.1) is 5.88 Å². The summed E-state index contributed by atoms with van der Waals surface area (Å²) in [4.78, 5) is 0. The van der Waals surface area contributed by atoms with Gasteiger partial charge in [0, 0.05) is 6.54 Å². The third-order valence-electron chi connectivity index (χ3n) is 8.16. The second kappa shape index (κ2) is 8.47. The van der Waals surface area contributed by atoms with E-state index in [9.17, 15) is 0 Å². The van der Waals surface area contributed by atoms with Crippen LogP contribution in [0.4, 0.5) is 0 Å². The third-order valence-corrected chi connectivity index (χ3v) is 8.91. The fourth-order valence-electron chi connectivity index (χ4n) is 6.65. The van der Waals surface area contributed by atoms with Crippen molar-refractivity contribution in [3.63, 3.8) is 0 Å². The van der Waals surface area contributed by atoms with Crippen molar-refractivity contribution in [3.8, 4) is 0 Å². The summed E-state index contributed by atoms with van der Waals surface area (Å²) in [6.07, 6.45) is 7.00. The number of benzene rings is 1. The summed E-state index contributed by atoms with van der Waals surface area (Å²) < 4.78 is 3.52. The van der Waals surface area contributed by atoms with Gasteiger partial charge in [0.25, 0.3) is 0 Å². The van der Waals surface area contributed by atoms with Crippen LogP contribution in [-0.2, 0) is 6.42 Å². The minimum Gasteiger partial charge on any atom is -0.307 e. The number of fused-ring (bicyclic) bond motifs is 3. The van der Waals surface area contributed by atoms with Crippen LogP contribution in [0.5, 0.6) is 0 Å². The largest absolute Gasteiger partial charge is 0.307 e. The van der Waals surface area contributed by atoms with Crippen LogP contribution >= 0.6 is 11.9 Å². The fourth-order valence-corrected chi connectivity index (χ4v) is 7.22. The molecule has 0 unspecified atom stereocenters. The minimum atomic E-state index is 0.637. The van der Waals surface area contributed by atoms with E-state index in [-0.39, 0.29) is 0 Å². The van der Waals surface area contributed by atoms with Crippen LogP contribution in [0.3, 0.4) is 0 Å². The number of rotatable bonds is 8. The molecule has 3 aliphatic rings. The van der Waals surface area contributed by atoms with Crippen molar-refractivity contribution in [1.82, 2.24) is 10.0 Å². The molecule has 6 atom stereocenters. The Morgan fingerprint density at radius 1 is 1.07 bits per heavy atom. The van der Waals surface area contributed by atoms with Crippen molar-refractivity contribution in [1.29, 1.82) is 0 Å². The average molecular weight is 387 g/mol. The third kappa shape index (κ3) is 4.26. The topological polar surface area (TPSA) is 24.1 Å². The Kier molecular flexibility index (Phi) is 6.21. The van der Waals surface area contributed by atoms with Crippen LogP contribution in [-0.4, -0.2) is 19.0 Å². The summed E-state index contributed by atoms with van der Waals surface area (Å²) in [7, 11) is 0. The normalized spacial score (nSPS) is 36.7. The standard InChI is InChI=1S/C24H38N2S/c1-17-9-11-20-19(10-12-21-23(22(17)20)24(21,2)3)15-25-16-27-26-14-13-18-7-5-4-6-8-18/h4-8,17,19-23,25-26H,9-16H2,1-3H3/t17-,19-,20+,21-,22-,23-/m0/s1. The lowest BCUT2D eigenvalue weighted by Gasteiger charge is -2.31. The predicted molar refractivity (Wildman–Crippen MR) is 117 cm³/mol. The first-order chi connectivity index (χ1) is 13.1. The highest BCUT2D eigenvalue weighted by atomic mass is 32.2. The SMILES string of the molecule is C[C@H]1CC[C@@H]2[C@H](CNCSNCCc3ccccc3)CC[C@H]3[C@@H]([C@H]21)C3(C)C. The van der Waals surface area contributed by atoms with Crippen molar-refractivity contribution in [2.24, 2.45) is 40.9 Å². The van der Waals surface area contributed by atoms with Gasteiger partial charge in [-0.05, 0) is 78.7 Å². The second-order valence-corrected chi connectivity index (χ2v) is 10.8. The number of nitrogens with one attached hydrogen (secondary N) is 2. The summed E-state index contributed by atoms with van der Waals surface area (Å²) in [5, 5.41) is 3.76. The molecule has 1 aromatic rings. The summed E-state index contributed by atoms with van der Waals surface area (Å²) in [5.41, 5.74) is 2.05. The Morgan fingerprint density at radius 3 is 2.70 bits per heavy atom. The molecule has 0 spiro atoms. The van der Waals surface area contributed by atoms with E-state index in [1.807, 2.05) is 11.9 Å². The zero-order valence-corrected chi connectivity index (χ0v) is 18.2. The Labute approximate surface area is 170 Å². The van der Waals surface area contributed by atoms with Gasteiger partial charge in [-0.25, -0.2) is 0 Å². The smallest absolute Gasteiger partial charge is 0.0565 e. The van der Waals surface area contributed by atoms with Gasteiger partial charge in [0.1, 0.15) is 0 Å². The zero-order chi connectivity index (χ0) is 18.9. The van der Waals surface area contributed by atoms with Crippen molar-refractivity contribution >= 4 is 11.9 Å². The second-order valence-electron chi connectivity index (χ2n) is 9.96. The lowest BCUT2D eigenvalue weighted by molar-refractivity contribution is 0.190. The highest BCUT2D eigenvalue weighted by molar-refractivity contribution is 7.97. The van der Waals surface area contributed by atoms with Crippen LogP contribution in [0.2, 0.25) is 0 Å². The maximum absolute atomic E-state index is 3.76. The molecule has 3 aliphatic carbocycles. The van der Waals surface area contributed by atoms with Gasteiger partial charge in [-0.1, -0.05) is 69.5 Å². The van der Waals surface area contributed by atoms with Gasteiger partial charge in [-0.3, -0.25) is 4.72 Å². The molecule has 0 radical (unpaired) electrons. The van der Waals surface area contributed by atoms with E-state index in [4.69, 9.17) is 0 Å². The van der Waals surface area contributed by atoms with E-state index in [1.54, 1.807) is 0 Å². The highest BCUT2D eigenvalue weighted by Crippen LogP contribution is 2.70. The molecule has 3 fully saturated rings. The Balaban J connectivity index is 1.17. The zero-order valence-electron chi connectivity index (χ0n) is 17.4. The number of hydrogen-bond acceptors (Lipinski definition) is 3. The van der Waals surface area contributed by atoms with E-state index in [1.165, 1.54) is 37.8 Å². The lowest BCUT2D eigenvalue weighted by atomic mass is 9.76. The molecule has 3 heteroatoms. The molecule has 3 saturated carbocycles. The fraction of sp³-hybridized carbons (Fsp3) is 0.750. The molecule has 0 aromatic heterocycles. The van der Waals surface area contributed by atoms with Gasteiger partial charge in [0.2, 0.25) is 0 Å². The van der Waals surface area contributed by atoms with Crippen LogP contribution in [0.15, 0.2) is 30.3 Å².